The molecule has 1 saturated heterocycles. The number of nitrogens with two attached hydrogens (primary N) is 1. The standard InChI is InChI=1S/C9H13N3OS/c1-6-8(14-5-11-6)2-3-12-4-7(10)9(12)13/h5,7H,2-4,10H2,1H3. The van der Waals surface area contributed by atoms with Crippen LogP contribution in [0.3, 0.4) is 0 Å². The van der Waals surface area contributed by atoms with Crippen molar-refractivity contribution in [2.45, 2.75) is 19.4 Å². The van der Waals surface area contributed by atoms with Gasteiger partial charge in [0.15, 0.2) is 0 Å². The van der Waals surface area contributed by atoms with Crippen molar-refractivity contribution >= 4 is 17.2 Å². The number of amides is 1. The van der Waals surface area contributed by atoms with Gasteiger partial charge < -0.3 is 10.6 Å². The minimum atomic E-state index is -0.252. The zero-order valence-corrected chi connectivity index (χ0v) is 8.88. The van der Waals surface area contributed by atoms with E-state index in [0.717, 1.165) is 18.7 Å². The molecule has 1 atom stereocenters. The SMILES string of the molecule is Cc1ncsc1CCN1CC(N)C1=O. The van der Waals surface area contributed by atoms with Crippen LogP contribution < -0.4 is 5.73 Å². The first kappa shape index (κ1) is 9.61. The number of hydrogen-bond donors (Lipinski definition) is 1. The summed E-state index contributed by atoms with van der Waals surface area (Å²) in [4.78, 5) is 18.4. The van der Waals surface area contributed by atoms with Gasteiger partial charge in [0.1, 0.15) is 6.04 Å². The number of likely N-dealkylation sites (tertiary alicyclic amines) is 1. The maximum absolute atomic E-state index is 11.2. The van der Waals surface area contributed by atoms with Gasteiger partial charge in [-0.3, -0.25) is 4.79 Å². The van der Waals surface area contributed by atoms with Crippen LogP contribution in [0.25, 0.3) is 0 Å². The number of nitrogens with zero attached hydrogens (tertiary/aromatic N) is 2. The molecule has 1 aromatic heterocycles. The van der Waals surface area contributed by atoms with Crippen LogP contribution in [0.2, 0.25) is 0 Å². The van der Waals surface area contributed by atoms with E-state index in [1.54, 1.807) is 16.2 Å². The Labute approximate surface area is 86.7 Å². The second kappa shape index (κ2) is 3.67. The summed E-state index contributed by atoms with van der Waals surface area (Å²) in [5.41, 5.74) is 8.41. The third-order valence-electron chi connectivity index (χ3n) is 2.50. The molecular formula is C9H13N3OS. The number of thiazole rings is 1. The lowest BCUT2D eigenvalue weighted by Gasteiger charge is -2.36. The fourth-order valence-electron chi connectivity index (χ4n) is 1.53. The quantitative estimate of drug-likeness (QED) is 0.725. The lowest BCUT2D eigenvalue weighted by Crippen LogP contribution is -2.61. The van der Waals surface area contributed by atoms with Crippen molar-refractivity contribution in [1.29, 1.82) is 0 Å². The molecule has 1 fully saturated rings. The number of aryl methyl sites for hydroxylation is 1. The monoisotopic (exact) mass is 211 g/mol. The van der Waals surface area contributed by atoms with Gasteiger partial charge in [-0.05, 0) is 6.92 Å². The molecule has 1 unspecified atom stereocenters. The van der Waals surface area contributed by atoms with Gasteiger partial charge in [0.25, 0.3) is 0 Å². The molecule has 0 aliphatic carbocycles. The van der Waals surface area contributed by atoms with E-state index in [4.69, 9.17) is 5.73 Å². The molecule has 2 rings (SSSR count). The fraction of sp³-hybridized carbons (Fsp3) is 0.556. The van der Waals surface area contributed by atoms with E-state index in [2.05, 4.69) is 4.98 Å². The van der Waals surface area contributed by atoms with E-state index < -0.39 is 0 Å². The number of carbonyl (C=O) groups is 1. The Kier molecular flexibility index (Phi) is 2.52. The van der Waals surface area contributed by atoms with E-state index in [0.29, 0.717) is 6.54 Å². The second-order valence-electron chi connectivity index (χ2n) is 3.50. The van der Waals surface area contributed by atoms with Gasteiger partial charge in [0.05, 0.1) is 11.2 Å². The molecule has 1 amide bonds. The van der Waals surface area contributed by atoms with Crippen LogP contribution in [0.1, 0.15) is 10.6 Å². The highest BCUT2D eigenvalue weighted by molar-refractivity contribution is 7.09. The highest BCUT2D eigenvalue weighted by Gasteiger charge is 2.32. The van der Waals surface area contributed by atoms with Crippen molar-refractivity contribution in [2.24, 2.45) is 5.73 Å². The van der Waals surface area contributed by atoms with Crippen LogP contribution in [0.5, 0.6) is 0 Å². The van der Waals surface area contributed by atoms with Crippen molar-refractivity contribution in [3.63, 3.8) is 0 Å². The molecule has 2 N–H and O–H groups in total. The van der Waals surface area contributed by atoms with Crippen LogP contribution in [0, 0.1) is 6.92 Å². The summed E-state index contributed by atoms with van der Waals surface area (Å²) >= 11 is 1.65. The molecule has 76 valence electrons. The van der Waals surface area contributed by atoms with Gasteiger partial charge in [-0.1, -0.05) is 0 Å². The zero-order valence-electron chi connectivity index (χ0n) is 8.06. The smallest absolute Gasteiger partial charge is 0.241 e. The highest BCUT2D eigenvalue weighted by atomic mass is 32.1. The maximum atomic E-state index is 11.2. The van der Waals surface area contributed by atoms with Gasteiger partial charge in [-0.2, -0.15) is 0 Å². The lowest BCUT2D eigenvalue weighted by atomic mass is 10.1. The molecular weight excluding hydrogens is 198 g/mol. The summed E-state index contributed by atoms with van der Waals surface area (Å²) in [5.74, 6) is 0.0761. The van der Waals surface area contributed by atoms with Crippen molar-refractivity contribution in [1.82, 2.24) is 9.88 Å². The molecule has 0 radical (unpaired) electrons. The minimum Gasteiger partial charge on any atom is -0.339 e. The van der Waals surface area contributed by atoms with Gasteiger partial charge in [0.2, 0.25) is 5.91 Å². The first-order chi connectivity index (χ1) is 6.68. The van der Waals surface area contributed by atoms with Crippen molar-refractivity contribution in [3.8, 4) is 0 Å². The fourth-order valence-corrected chi connectivity index (χ4v) is 2.30. The number of aromatic nitrogens is 1. The molecule has 2 heterocycles. The molecule has 0 saturated carbocycles. The predicted molar refractivity (Wildman–Crippen MR) is 55.1 cm³/mol. The van der Waals surface area contributed by atoms with E-state index >= 15 is 0 Å². The van der Waals surface area contributed by atoms with Crippen molar-refractivity contribution < 1.29 is 4.79 Å². The van der Waals surface area contributed by atoms with Gasteiger partial charge >= 0.3 is 0 Å². The van der Waals surface area contributed by atoms with Crippen LogP contribution in [0.4, 0.5) is 0 Å². The predicted octanol–water partition coefficient (Wildman–Crippen LogP) is 0.164. The summed E-state index contributed by atoms with van der Waals surface area (Å²) < 4.78 is 0. The van der Waals surface area contributed by atoms with Crippen LogP contribution in [-0.2, 0) is 11.2 Å². The minimum absolute atomic E-state index is 0.0761. The van der Waals surface area contributed by atoms with E-state index in [9.17, 15) is 4.79 Å². The van der Waals surface area contributed by atoms with Crippen LogP contribution in [-0.4, -0.2) is 34.9 Å². The Morgan fingerprint density at radius 2 is 2.57 bits per heavy atom. The first-order valence-electron chi connectivity index (χ1n) is 4.62. The Balaban J connectivity index is 1.84. The van der Waals surface area contributed by atoms with Gasteiger partial charge in [0, 0.05) is 24.4 Å². The maximum Gasteiger partial charge on any atom is 0.241 e. The number of β-lactam (4-membered cyclic amide) rings is 1. The second-order valence-corrected chi connectivity index (χ2v) is 4.44. The Morgan fingerprint density at radius 3 is 3.07 bits per heavy atom. The van der Waals surface area contributed by atoms with Gasteiger partial charge in [-0.15, -0.1) is 11.3 Å². The van der Waals surface area contributed by atoms with Crippen LogP contribution >= 0.6 is 11.3 Å². The average molecular weight is 211 g/mol. The number of carbonyl (C=O) groups excluding carboxylic acids is 1. The Bertz CT molecular complexity index is 350. The molecule has 14 heavy (non-hydrogen) atoms. The molecule has 1 aliphatic heterocycles. The summed E-state index contributed by atoms with van der Waals surface area (Å²) in [6.45, 7) is 3.47. The molecule has 0 bridgehead atoms. The molecule has 0 aromatic carbocycles. The van der Waals surface area contributed by atoms with E-state index in [1.165, 1.54) is 4.88 Å². The van der Waals surface area contributed by atoms with Gasteiger partial charge in [-0.25, -0.2) is 4.98 Å². The molecule has 1 aromatic rings. The zero-order chi connectivity index (χ0) is 10.1. The highest BCUT2D eigenvalue weighted by Crippen LogP contribution is 2.15. The number of rotatable bonds is 3. The molecule has 5 heteroatoms. The van der Waals surface area contributed by atoms with E-state index in [1.807, 2.05) is 12.4 Å². The largest absolute Gasteiger partial charge is 0.339 e. The molecule has 0 spiro atoms. The number of hydrogen-bond acceptors (Lipinski definition) is 4. The molecule has 4 nitrogen and oxygen atoms in total. The normalized spacial score (nSPS) is 21.1. The summed E-state index contributed by atoms with van der Waals surface area (Å²) in [5, 5.41) is 0. The van der Waals surface area contributed by atoms with E-state index in [-0.39, 0.29) is 11.9 Å². The van der Waals surface area contributed by atoms with Crippen molar-refractivity contribution in [2.75, 3.05) is 13.1 Å². The average Bonchev–Trinajstić information content (AvgIpc) is 2.58. The first-order valence-corrected chi connectivity index (χ1v) is 5.50. The summed E-state index contributed by atoms with van der Waals surface area (Å²) in [6.07, 6.45) is 0.898. The molecule has 1 aliphatic rings. The summed E-state index contributed by atoms with van der Waals surface area (Å²) in [6, 6.07) is -0.252. The summed E-state index contributed by atoms with van der Waals surface area (Å²) in [7, 11) is 0. The van der Waals surface area contributed by atoms with Crippen molar-refractivity contribution in [3.05, 3.63) is 16.1 Å². The lowest BCUT2D eigenvalue weighted by molar-refractivity contribution is -0.142. The topological polar surface area (TPSA) is 59.2 Å². The third kappa shape index (κ3) is 1.65. The Morgan fingerprint density at radius 1 is 1.79 bits per heavy atom. The van der Waals surface area contributed by atoms with Crippen LogP contribution in [0.15, 0.2) is 5.51 Å². The third-order valence-corrected chi connectivity index (χ3v) is 3.49. The Hall–Kier alpha value is -0.940.